The lowest BCUT2D eigenvalue weighted by Crippen LogP contribution is -2.12. The van der Waals surface area contributed by atoms with E-state index in [2.05, 4.69) is 4.74 Å². The third-order valence-electron chi connectivity index (χ3n) is 2.42. The summed E-state index contributed by atoms with van der Waals surface area (Å²) in [7, 11) is 0. The molecule has 1 aromatic rings. The molecule has 0 aliphatic rings. The highest BCUT2D eigenvalue weighted by Crippen LogP contribution is 2.19. The fourth-order valence-corrected chi connectivity index (χ4v) is 1.41. The minimum Gasteiger partial charge on any atom is -0.493 e. The zero-order chi connectivity index (χ0) is 15.7. The van der Waals surface area contributed by atoms with Gasteiger partial charge in [0.15, 0.2) is 0 Å². The van der Waals surface area contributed by atoms with Crippen molar-refractivity contribution in [3.8, 4) is 5.75 Å². The molecule has 6 heteroatoms. The molecular weight excluding hydrogens is 276 g/mol. The second-order valence-electron chi connectivity index (χ2n) is 4.08. The summed E-state index contributed by atoms with van der Waals surface area (Å²) in [6.07, 6.45) is 3.05. The van der Waals surface area contributed by atoms with E-state index >= 15 is 0 Å². The lowest BCUT2D eigenvalue weighted by atomic mass is 10.2. The summed E-state index contributed by atoms with van der Waals surface area (Å²) in [6, 6.07) is 6.38. The summed E-state index contributed by atoms with van der Waals surface area (Å²) >= 11 is 0. The van der Waals surface area contributed by atoms with Crippen molar-refractivity contribution in [1.82, 2.24) is 0 Å². The lowest BCUT2D eigenvalue weighted by Gasteiger charge is -2.09. The largest absolute Gasteiger partial charge is 0.493 e. The first-order valence-electron chi connectivity index (χ1n) is 6.43. The lowest BCUT2D eigenvalue weighted by molar-refractivity contribution is -0.134. The number of hydrogen-bond donors (Lipinski definition) is 1. The molecule has 0 unspecified atom stereocenters. The van der Waals surface area contributed by atoms with Crippen LogP contribution in [0.15, 0.2) is 36.4 Å². The number of para-hydroxylation sites is 1. The standard InChI is InChI=1S/C15H16O6/c1-2-3-10-20-12-7-5-4-6-11(12)15(19)21-14(18)9-8-13(16)17/h4-9H,2-3,10H2,1H3,(H,16,17)/b9-8+. The number of carbonyl (C=O) groups is 3. The van der Waals surface area contributed by atoms with Crippen LogP contribution in [0.2, 0.25) is 0 Å². The highest BCUT2D eigenvalue weighted by atomic mass is 16.6. The zero-order valence-corrected chi connectivity index (χ0v) is 11.6. The number of hydrogen-bond acceptors (Lipinski definition) is 5. The van der Waals surface area contributed by atoms with Gasteiger partial charge in [0.2, 0.25) is 0 Å². The maximum Gasteiger partial charge on any atom is 0.349 e. The Morgan fingerprint density at radius 3 is 2.57 bits per heavy atom. The van der Waals surface area contributed by atoms with E-state index in [4.69, 9.17) is 9.84 Å². The van der Waals surface area contributed by atoms with Crippen molar-refractivity contribution in [2.24, 2.45) is 0 Å². The quantitative estimate of drug-likeness (QED) is 0.358. The molecule has 6 nitrogen and oxygen atoms in total. The summed E-state index contributed by atoms with van der Waals surface area (Å²) in [5, 5.41) is 8.38. The maximum absolute atomic E-state index is 11.8. The summed E-state index contributed by atoms with van der Waals surface area (Å²) in [5.74, 6) is -2.92. The molecule has 0 aromatic heterocycles. The van der Waals surface area contributed by atoms with Gasteiger partial charge in [-0.2, -0.15) is 0 Å². The van der Waals surface area contributed by atoms with Crippen LogP contribution in [0, 0.1) is 0 Å². The van der Waals surface area contributed by atoms with E-state index in [0.29, 0.717) is 24.5 Å². The first kappa shape index (κ1) is 16.4. The second kappa shape index (κ2) is 8.52. The van der Waals surface area contributed by atoms with Crippen LogP contribution >= 0.6 is 0 Å². The van der Waals surface area contributed by atoms with Gasteiger partial charge in [-0.05, 0) is 18.6 Å². The molecule has 0 bridgehead atoms. The monoisotopic (exact) mass is 292 g/mol. The Kier molecular flexibility index (Phi) is 6.67. The molecule has 0 aliphatic carbocycles. The number of benzene rings is 1. The van der Waals surface area contributed by atoms with Crippen molar-refractivity contribution in [2.45, 2.75) is 19.8 Å². The van der Waals surface area contributed by atoms with Gasteiger partial charge in [-0.15, -0.1) is 0 Å². The molecule has 0 aliphatic heterocycles. The molecule has 0 atom stereocenters. The normalized spacial score (nSPS) is 10.3. The fourth-order valence-electron chi connectivity index (χ4n) is 1.41. The average Bonchev–Trinajstić information content (AvgIpc) is 2.46. The molecule has 1 N–H and O–H groups in total. The average molecular weight is 292 g/mol. The first-order chi connectivity index (χ1) is 10.0. The maximum atomic E-state index is 11.8. The third-order valence-corrected chi connectivity index (χ3v) is 2.42. The molecule has 0 saturated heterocycles. The first-order valence-corrected chi connectivity index (χ1v) is 6.43. The predicted molar refractivity (Wildman–Crippen MR) is 74.0 cm³/mol. The van der Waals surface area contributed by atoms with E-state index in [1.807, 2.05) is 6.92 Å². The molecule has 1 rings (SSSR count). The number of aliphatic carboxylic acids is 1. The topological polar surface area (TPSA) is 89.9 Å². The van der Waals surface area contributed by atoms with Gasteiger partial charge in [-0.1, -0.05) is 25.5 Å². The number of carboxylic acid groups (broad SMARTS) is 1. The van der Waals surface area contributed by atoms with Crippen LogP contribution in [-0.4, -0.2) is 29.6 Å². The highest BCUT2D eigenvalue weighted by molar-refractivity contribution is 6.02. The van der Waals surface area contributed by atoms with Crippen LogP contribution < -0.4 is 4.74 Å². The van der Waals surface area contributed by atoms with Crippen LogP contribution in [0.25, 0.3) is 0 Å². The predicted octanol–water partition coefficient (Wildman–Crippen LogP) is 2.19. The van der Waals surface area contributed by atoms with E-state index in [1.54, 1.807) is 18.2 Å². The number of carbonyl (C=O) groups excluding carboxylic acids is 2. The van der Waals surface area contributed by atoms with Gasteiger partial charge in [-0.3, -0.25) is 0 Å². The van der Waals surface area contributed by atoms with Gasteiger partial charge in [0.1, 0.15) is 11.3 Å². The smallest absolute Gasteiger partial charge is 0.349 e. The van der Waals surface area contributed by atoms with E-state index in [9.17, 15) is 14.4 Å². The van der Waals surface area contributed by atoms with Crippen LogP contribution in [0.1, 0.15) is 30.1 Å². The molecular formula is C15H16O6. The van der Waals surface area contributed by atoms with Crippen molar-refractivity contribution in [1.29, 1.82) is 0 Å². The van der Waals surface area contributed by atoms with E-state index in [-0.39, 0.29) is 5.56 Å². The molecule has 0 radical (unpaired) electrons. The van der Waals surface area contributed by atoms with Crippen LogP contribution in [0.3, 0.4) is 0 Å². The van der Waals surface area contributed by atoms with Gasteiger partial charge in [0, 0.05) is 12.2 Å². The van der Waals surface area contributed by atoms with Gasteiger partial charge in [0.25, 0.3) is 0 Å². The number of carboxylic acids is 1. The number of unbranched alkanes of at least 4 members (excludes halogenated alkanes) is 1. The third kappa shape index (κ3) is 5.90. The minimum atomic E-state index is -1.30. The van der Waals surface area contributed by atoms with Gasteiger partial charge in [0.05, 0.1) is 6.61 Å². The van der Waals surface area contributed by atoms with Crippen molar-refractivity contribution in [3.05, 3.63) is 42.0 Å². The molecule has 0 fully saturated rings. The van der Waals surface area contributed by atoms with Crippen LogP contribution in [-0.2, 0) is 14.3 Å². The van der Waals surface area contributed by atoms with Gasteiger partial charge in [-0.25, -0.2) is 14.4 Å². The molecule has 1 aromatic carbocycles. The molecule has 21 heavy (non-hydrogen) atoms. The SMILES string of the molecule is CCCCOc1ccccc1C(=O)OC(=O)/C=C/C(=O)O. The van der Waals surface area contributed by atoms with Crippen LogP contribution in [0.5, 0.6) is 5.75 Å². The van der Waals surface area contributed by atoms with Crippen molar-refractivity contribution in [3.63, 3.8) is 0 Å². The van der Waals surface area contributed by atoms with Crippen molar-refractivity contribution < 1.29 is 29.0 Å². The molecule has 0 spiro atoms. The van der Waals surface area contributed by atoms with E-state index in [1.165, 1.54) is 6.07 Å². The Morgan fingerprint density at radius 2 is 1.90 bits per heavy atom. The van der Waals surface area contributed by atoms with E-state index < -0.39 is 17.9 Å². The summed E-state index contributed by atoms with van der Waals surface area (Å²) in [5.41, 5.74) is 0.116. The Morgan fingerprint density at radius 1 is 1.19 bits per heavy atom. The molecule has 112 valence electrons. The molecule has 0 amide bonds. The van der Waals surface area contributed by atoms with Crippen molar-refractivity contribution >= 4 is 17.9 Å². The Labute approximate surface area is 122 Å². The minimum absolute atomic E-state index is 0.116. The molecule has 0 saturated carbocycles. The zero-order valence-electron chi connectivity index (χ0n) is 11.6. The number of rotatable bonds is 7. The summed E-state index contributed by atoms with van der Waals surface area (Å²) in [4.78, 5) is 33.4. The van der Waals surface area contributed by atoms with E-state index in [0.717, 1.165) is 12.8 Å². The van der Waals surface area contributed by atoms with Crippen LogP contribution in [0.4, 0.5) is 0 Å². The fraction of sp³-hybridized carbons (Fsp3) is 0.267. The highest BCUT2D eigenvalue weighted by Gasteiger charge is 2.16. The summed E-state index contributed by atoms with van der Waals surface area (Å²) < 4.78 is 9.98. The second-order valence-corrected chi connectivity index (χ2v) is 4.08. The Balaban J connectivity index is 2.73. The number of ether oxygens (including phenoxy) is 2. The number of esters is 2. The molecule has 0 heterocycles. The van der Waals surface area contributed by atoms with Gasteiger partial charge >= 0.3 is 17.9 Å². The Hall–Kier alpha value is -2.63. The summed E-state index contributed by atoms with van der Waals surface area (Å²) in [6.45, 7) is 2.46. The van der Waals surface area contributed by atoms with Gasteiger partial charge < -0.3 is 14.6 Å². The van der Waals surface area contributed by atoms with Crippen molar-refractivity contribution in [2.75, 3.05) is 6.61 Å². The Bertz CT molecular complexity index is 547.